The third-order valence-corrected chi connectivity index (χ3v) is 8.50. The van der Waals surface area contributed by atoms with Crippen molar-refractivity contribution in [1.29, 1.82) is 0 Å². The molecule has 0 radical (unpaired) electrons. The summed E-state index contributed by atoms with van der Waals surface area (Å²) in [6, 6.07) is 20.4. The van der Waals surface area contributed by atoms with Crippen LogP contribution in [0.5, 0.6) is 0 Å². The van der Waals surface area contributed by atoms with E-state index in [9.17, 15) is 0 Å². The van der Waals surface area contributed by atoms with Crippen LogP contribution in [0.15, 0.2) is 73.2 Å². The number of fused-ring (bicyclic) bond motifs is 3. The molecule has 8 heteroatoms. The van der Waals surface area contributed by atoms with Crippen molar-refractivity contribution in [2.24, 2.45) is 13.0 Å². The van der Waals surface area contributed by atoms with Gasteiger partial charge in [-0.3, -0.25) is 9.67 Å². The van der Waals surface area contributed by atoms with Gasteiger partial charge >= 0.3 is 0 Å². The maximum atomic E-state index is 5.82. The molecule has 0 unspecified atom stereocenters. The van der Waals surface area contributed by atoms with Crippen molar-refractivity contribution in [2.75, 3.05) is 13.2 Å². The van der Waals surface area contributed by atoms with E-state index in [2.05, 4.69) is 94.6 Å². The van der Waals surface area contributed by atoms with Crippen molar-refractivity contribution in [3.63, 3.8) is 0 Å². The van der Waals surface area contributed by atoms with Crippen molar-refractivity contribution >= 4 is 21.9 Å². The fraction of sp³-hybridized carbons (Fsp3) is 0.333. The van der Waals surface area contributed by atoms with Gasteiger partial charge in [0.15, 0.2) is 0 Å². The first-order valence-corrected chi connectivity index (χ1v) is 14.5. The number of aromatic nitrogens is 7. The summed E-state index contributed by atoms with van der Waals surface area (Å²) in [5.74, 6) is 0.432. The summed E-state index contributed by atoms with van der Waals surface area (Å²) in [4.78, 5) is 5.09. The molecular formula is C33H35N7O. The number of ether oxygens (including phenoxy) is 1. The molecule has 1 atom stereocenters. The largest absolute Gasteiger partial charge is 0.381 e. The van der Waals surface area contributed by atoms with E-state index in [1.54, 1.807) is 0 Å². The summed E-state index contributed by atoms with van der Waals surface area (Å²) in [6.45, 7) is 7.88. The average molecular weight is 546 g/mol. The van der Waals surface area contributed by atoms with Gasteiger partial charge in [0, 0.05) is 55.2 Å². The van der Waals surface area contributed by atoms with E-state index in [0.717, 1.165) is 70.6 Å². The van der Waals surface area contributed by atoms with Gasteiger partial charge in [0.2, 0.25) is 0 Å². The van der Waals surface area contributed by atoms with Crippen LogP contribution >= 0.6 is 0 Å². The number of hydrogen-bond donors (Lipinski definition) is 0. The van der Waals surface area contributed by atoms with Gasteiger partial charge in [0.1, 0.15) is 0 Å². The van der Waals surface area contributed by atoms with Crippen molar-refractivity contribution < 1.29 is 4.74 Å². The van der Waals surface area contributed by atoms with Gasteiger partial charge in [-0.05, 0) is 62.8 Å². The van der Waals surface area contributed by atoms with Gasteiger partial charge in [-0.15, -0.1) is 5.10 Å². The predicted molar refractivity (Wildman–Crippen MR) is 162 cm³/mol. The smallest absolute Gasteiger partial charge is 0.0960 e. The zero-order valence-corrected chi connectivity index (χ0v) is 24.0. The summed E-state index contributed by atoms with van der Waals surface area (Å²) in [7, 11) is 1.94. The molecule has 0 amide bonds. The van der Waals surface area contributed by atoms with Gasteiger partial charge in [0.25, 0.3) is 0 Å². The molecule has 0 N–H and O–H groups in total. The highest BCUT2D eigenvalue weighted by Gasteiger charge is 2.30. The van der Waals surface area contributed by atoms with Crippen LogP contribution in [0.25, 0.3) is 44.3 Å². The molecule has 0 aliphatic carbocycles. The van der Waals surface area contributed by atoms with Gasteiger partial charge in [-0.1, -0.05) is 47.7 Å². The maximum absolute atomic E-state index is 5.82. The lowest BCUT2D eigenvalue weighted by atomic mass is 9.86. The third kappa shape index (κ3) is 4.43. The lowest BCUT2D eigenvalue weighted by molar-refractivity contribution is 0.0553. The molecule has 1 fully saturated rings. The Balaban J connectivity index is 1.52. The number of benzene rings is 2. The quantitative estimate of drug-likeness (QED) is 0.231. The molecule has 0 bridgehead atoms. The van der Waals surface area contributed by atoms with Crippen LogP contribution in [0.1, 0.15) is 50.0 Å². The fourth-order valence-electron chi connectivity index (χ4n) is 6.45. The molecule has 6 aromatic rings. The molecule has 0 spiro atoms. The molecule has 8 nitrogen and oxygen atoms in total. The highest BCUT2D eigenvalue weighted by molar-refractivity contribution is 6.08. The van der Waals surface area contributed by atoms with Crippen LogP contribution in [0.4, 0.5) is 0 Å². The predicted octanol–water partition coefficient (Wildman–Crippen LogP) is 6.75. The molecule has 1 aliphatic rings. The van der Waals surface area contributed by atoms with Gasteiger partial charge in [0.05, 0.1) is 40.2 Å². The zero-order valence-electron chi connectivity index (χ0n) is 24.0. The first-order chi connectivity index (χ1) is 20.0. The second-order valence-corrected chi connectivity index (χ2v) is 11.4. The Hall–Kier alpha value is -4.30. The highest BCUT2D eigenvalue weighted by atomic mass is 16.5. The van der Waals surface area contributed by atoms with Crippen molar-refractivity contribution in [3.8, 4) is 22.4 Å². The van der Waals surface area contributed by atoms with Gasteiger partial charge < -0.3 is 9.30 Å². The number of rotatable bonds is 6. The normalized spacial score (nSPS) is 15.3. The van der Waals surface area contributed by atoms with Crippen molar-refractivity contribution in [3.05, 3.63) is 84.4 Å². The second-order valence-electron chi connectivity index (χ2n) is 11.4. The van der Waals surface area contributed by atoms with Crippen LogP contribution in [-0.4, -0.2) is 47.5 Å². The molecule has 1 saturated heterocycles. The average Bonchev–Trinajstić information content (AvgIpc) is 3.70. The SMILES string of the molecule is Cc1nnn(C)c1-c1cnc2c3ccc(-c4cnn(C(C)C)c4)cc3n([C@H](c3ccccc3)C3CCOCC3)c2c1. The molecule has 7 rings (SSSR count). The van der Waals surface area contributed by atoms with Crippen LogP contribution in [0, 0.1) is 12.8 Å². The van der Waals surface area contributed by atoms with E-state index in [1.807, 2.05) is 35.7 Å². The Bertz CT molecular complexity index is 1820. The van der Waals surface area contributed by atoms with Crippen LogP contribution < -0.4 is 0 Å². The highest BCUT2D eigenvalue weighted by Crippen LogP contribution is 2.42. The van der Waals surface area contributed by atoms with E-state index < -0.39 is 0 Å². The number of pyridine rings is 1. The Labute approximate surface area is 239 Å². The molecule has 1 aliphatic heterocycles. The lowest BCUT2D eigenvalue weighted by Gasteiger charge is -2.33. The Morgan fingerprint density at radius 1 is 0.902 bits per heavy atom. The Morgan fingerprint density at radius 2 is 1.68 bits per heavy atom. The van der Waals surface area contributed by atoms with Crippen LogP contribution in [0.2, 0.25) is 0 Å². The molecule has 0 saturated carbocycles. The molecule has 2 aromatic carbocycles. The molecule has 5 heterocycles. The van der Waals surface area contributed by atoms with E-state index in [4.69, 9.17) is 9.72 Å². The first-order valence-electron chi connectivity index (χ1n) is 14.5. The van der Waals surface area contributed by atoms with E-state index >= 15 is 0 Å². The summed E-state index contributed by atoms with van der Waals surface area (Å²) in [6.07, 6.45) is 8.10. The van der Waals surface area contributed by atoms with Crippen LogP contribution in [-0.2, 0) is 11.8 Å². The lowest BCUT2D eigenvalue weighted by Crippen LogP contribution is -2.26. The number of aryl methyl sites for hydroxylation is 2. The maximum Gasteiger partial charge on any atom is 0.0960 e. The van der Waals surface area contributed by atoms with Gasteiger partial charge in [-0.2, -0.15) is 5.10 Å². The second kappa shape index (κ2) is 10.3. The molecule has 208 valence electrons. The van der Waals surface area contributed by atoms with Crippen molar-refractivity contribution in [2.45, 2.75) is 45.7 Å². The molecular weight excluding hydrogens is 510 g/mol. The summed E-state index contributed by atoms with van der Waals surface area (Å²) in [5.41, 5.74) is 9.78. The minimum atomic E-state index is 0.136. The first kappa shape index (κ1) is 25.7. The minimum absolute atomic E-state index is 0.136. The standard InChI is InChI=1S/C33H35N7O/c1-21(2)39-20-27(19-35-39)25-10-11-28-29(16-25)40(33(23-8-6-5-7-9-23)24-12-14-41-15-13-24)30-17-26(18-34-31(28)30)32-22(3)36-37-38(32)4/h5-11,16-21,24,33H,12-15H2,1-4H3/t33-/m1/s1. The van der Waals surface area contributed by atoms with Crippen LogP contribution in [0.3, 0.4) is 0 Å². The van der Waals surface area contributed by atoms with Gasteiger partial charge in [-0.25, -0.2) is 4.68 Å². The number of nitrogens with zero attached hydrogens (tertiary/aromatic N) is 7. The Kier molecular flexibility index (Phi) is 6.43. The summed E-state index contributed by atoms with van der Waals surface area (Å²) < 4.78 is 12.2. The zero-order chi connectivity index (χ0) is 28.1. The third-order valence-electron chi connectivity index (χ3n) is 8.50. The fourth-order valence-corrected chi connectivity index (χ4v) is 6.45. The number of hydrogen-bond acceptors (Lipinski definition) is 5. The summed E-state index contributed by atoms with van der Waals surface area (Å²) >= 11 is 0. The van der Waals surface area contributed by atoms with E-state index in [0.29, 0.717) is 12.0 Å². The topological polar surface area (TPSA) is 75.6 Å². The molecule has 41 heavy (non-hydrogen) atoms. The Morgan fingerprint density at radius 3 is 2.39 bits per heavy atom. The van der Waals surface area contributed by atoms with E-state index in [-0.39, 0.29) is 6.04 Å². The summed E-state index contributed by atoms with van der Waals surface area (Å²) in [5, 5.41) is 14.3. The monoisotopic (exact) mass is 545 g/mol. The minimum Gasteiger partial charge on any atom is -0.381 e. The van der Waals surface area contributed by atoms with Crippen molar-refractivity contribution in [1.82, 2.24) is 34.3 Å². The molecule has 4 aromatic heterocycles. The van der Waals surface area contributed by atoms with E-state index in [1.165, 1.54) is 11.1 Å².